The quantitative estimate of drug-likeness (QED) is 0.472. The molecular weight excluding hydrogens is 515 g/mol. The third-order valence-electron chi connectivity index (χ3n) is 7.07. The summed E-state index contributed by atoms with van der Waals surface area (Å²) >= 11 is 0. The van der Waals surface area contributed by atoms with E-state index in [4.69, 9.17) is 9.47 Å². The topological polar surface area (TPSA) is 107 Å². The van der Waals surface area contributed by atoms with E-state index in [0.29, 0.717) is 6.42 Å². The summed E-state index contributed by atoms with van der Waals surface area (Å²) in [5, 5.41) is 11.8. The molecule has 2 unspecified atom stereocenters. The van der Waals surface area contributed by atoms with Crippen LogP contribution in [0.25, 0.3) is 5.65 Å². The molecule has 1 saturated heterocycles. The Morgan fingerprint density at radius 2 is 1.95 bits per heavy atom. The minimum Gasteiger partial charge on any atom is -0.470 e. The molecule has 1 amide bonds. The smallest absolute Gasteiger partial charge is 0.423 e. The molecule has 210 valence electrons. The molecule has 0 radical (unpaired) electrons. The highest BCUT2D eigenvalue weighted by atomic mass is 19.4. The normalized spacial score (nSPS) is 23.8. The fourth-order valence-corrected chi connectivity index (χ4v) is 5.01. The van der Waals surface area contributed by atoms with Gasteiger partial charge in [0.25, 0.3) is 0 Å². The van der Waals surface area contributed by atoms with E-state index < -0.39 is 41.5 Å². The van der Waals surface area contributed by atoms with Crippen LogP contribution >= 0.6 is 0 Å². The van der Waals surface area contributed by atoms with Gasteiger partial charge in [-0.25, -0.2) is 9.78 Å². The highest BCUT2D eigenvalue weighted by molar-refractivity contribution is 5.70. The number of alkyl halides is 3. The number of fused-ring (bicyclic) bond motifs is 1. The lowest BCUT2D eigenvalue weighted by molar-refractivity contribution is -0.141. The van der Waals surface area contributed by atoms with Gasteiger partial charge in [-0.1, -0.05) is 12.5 Å². The molecule has 13 heteroatoms. The summed E-state index contributed by atoms with van der Waals surface area (Å²) in [5.41, 5.74) is -0.975. The first-order chi connectivity index (χ1) is 18.4. The van der Waals surface area contributed by atoms with E-state index in [9.17, 15) is 18.0 Å². The first kappa shape index (κ1) is 26.9. The number of pyridine rings is 1. The van der Waals surface area contributed by atoms with Crippen LogP contribution in [0.2, 0.25) is 0 Å². The van der Waals surface area contributed by atoms with E-state index in [2.05, 4.69) is 25.5 Å². The molecule has 1 aliphatic heterocycles. The van der Waals surface area contributed by atoms with Gasteiger partial charge in [0.1, 0.15) is 23.1 Å². The number of nitrogens with one attached hydrogen (secondary N) is 1. The van der Waals surface area contributed by atoms with E-state index in [-0.39, 0.29) is 24.5 Å². The third-order valence-corrected chi connectivity index (χ3v) is 7.07. The summed E-state index contributed by atoms with van der Waals surface area (Å²) in [6, 6.07) is 5.17. The van der Waals surface area contributed by atoms with Gasteiger partial charge in [-0.2, -0.15) is 18.2 Å². The van der Waals surface area contributed by atoms with Gasteiger partial charge in [0.15, 0.2) is 5.65 Å². The minimum absolute atomic E-state index is 0.0605. The van der Waals surface area contributed by atoms with Gasteiger partial charge in [0, 0.05) is 24.4 Å². The van der Waals surface area contributed by atoms with Crippen molar-refractivity contribution in [2.75, 3.05) is 11.9 Å². The molecule has 2 aliphatic rings. The van der Waals surface area contributed by atoms with Crippen LogP contribution in [0.4, 0.5) is 23.9 Å². The standard InChI is InChI=1S/C26H32F3N7O3/c1-15-19(14-36(15)24(37)39-25(2,3)4)38-22-18(26(27,28)29)13-30-23(32-22)31-17-9-7-8-16(12-17)21-34-33-20-10-5-6-11-35(20)21/h5-6,10-11,13,15-17,19H,7-9,12,14H2,1-4H3,(H,30,31,32)/t15?,16-,17+,19?/m0/s1. The number of nitrogens with zero attached hydrogens (tertiary/aromatic N) is 6. The maximum atomic E-state index is 13.8. The molecule has 1 saturated carbocycles. The summed E-state index contributed by atoms with van der Waals surface area (Å²) in [6.45, 7) is 7.03. The molecule has 0 spiro atoms. The molecule has 1 aliphatic carbocycles. The van der Waals surface area contributed by atoms with Gasteiger partial charge < -0.3 is 14.8 Å². The van der Waals surface area contributed by atoms with Crippen LogP contribution in [0.15, 0.2) is 30.6 Å². The van der Waals surface area contributed by atoms with Gasteiger partial charge in [-0.15, -0.1) is 10.2 Å². The van der Waals surface area contributed by atoms with Crippen molar-refractivity contribution < 1.29 is 27.4 Å². The zero-order valence-electron chi connectivity index (χ0n) is 22.3. The number of amides is 1. The van der Waals surface area contributed by atoms with E-state index in [0.717, 1.165) is 36.9 Å². The van der Waals surface area contributed by atoms with Crippen molar-refractivity contribution in [3.63, 3.8) is 0 Å². The number of hydrogen-bond acceptors (Lipinski definition) is 8. The molecule has 3 aromatic rings. The number of carbonyl (C=O) groups excluding carboxylic acids is 1. The van der Waals surface area contributed by atoms with Crippen LogP contribution in [0, 0.1) is 0 Å². The summed E-state index contributed by atoms with van der Waals surface area (Å²) in [7, 11) is 0. The van der Waals surface area contributed by atoms with Crippen LogP contribution in [0.1, 0.15) is 70.7 Å². The van der Waals surface area contributed by atoms with Crippen molar-refractivity contribution in [1.82, 2.24) is 29.5 Å². The number of likely N-dealkylation sites (tertiary alicyclic amines) is 1. The maximum Gasteiger partial charge on any atom is 0.423 e. The minimum atomic E-state index is -4.70. The number of hydrogen-bond donors (Lipinski definition) is 1. The SMILES string of the molecule is CC1C(Oc2nc(N[C@@H]3CCC[C@H](c4nnc5ccccn45)C3)ncc2C(F)(F)F)CN1C(=O)OC(C)(C)C. The highest BCUT2D eigenvalue weighted by Crippen LogP contribution is 2.38. The molecule has 10 nitrogen and oxygen atoms in total. The maximum absolute atomic E-state index is 13.8. The zero-order valence-corrected chi connectivity index (χ0v) is 22.3. The molecular formula is C26H32F3N7O3. The first-order valence-corrected chi connectivity index (χ1v) is 13.1. The van der Waals surface area contributed by atoms with Gasteiger partial charge in [0.2, 0.25) is 11.8 Å². The Bertz CT molecular complexity index is 1340. The van der Waals surface area contributed by atoms with Crippen LogP contribution < -0.4 is 10.1 Å². The average molecular weight is 548 g/mol. The van der Waals surface area contributed by atoms with E-state index in [1.165, 1.54) is 4.90 Å². The van der Waals surface area contributed by atoms with Crippen LogP contribution in [-0.2, 0) is 10.9 Å². The zero-order chi connectivity index (χ0) is 27.9. The number of anilines is 1. The second-order valence-electron chi connectivity index (χ2n) is 11.1. The van der Waals surface area contributed by atoms with Crippen LogP contribution in [0.5, 0.6) is 5.88 Å². The average Bonchev–Trinajstić information content (AvgIpc) is 3.29. The van der Waals surface area contributed by atoms with Crippen molar-refractivity contribution in [1.29, 1.82) is 0 Å². The van der Waals surface area contributed by atoms with Crippen molar-refractivity contribution in [2.24, 2.45) is 0 Å². The molecule has 1 N–H and O–H groups in total. The van der Waals surface area contributed by atoms with E-state index in [1.54, 1.807) is 27.7 Å². The predicted octanol–water partition coefficient (Wildman–Crippen LogP) is 5.06. The monoisotopic (exact) mass is 547 g/mol. The van der Waals surface area contributed by atoms with Crippen molar-refractivity contribution >= 4 is 17.7 Å². The van der Waals surface area contributed by atoms with Gasteiger partial charge >= 0.3 is 12.3 Å². The Balaban J connectivity index is 1.28. The number of rotatable bonds is 5. The van der Waals surface area contributed by atoms with E-state index in [1.807, 2.05) is 28.8 Å². The van der Waals surface area contributed by atoms with Gasteiger partial charge in [-0.05, 0) is 59.1 Å². The summed E-state index contributed by atoms with van der Waals surface area (Å²) < 4.78 is 54.3. The lowest BCUT2D eigenvalue weighted by atomic mass is 9.85. The molecule has 4 atom stereocenters. The Morgan fingerprint density at radius 1 is 1.15 bits per heavy atom. The van der Waals surface area contributed by atoms with Gasteiger partial charge in [0.05, 0.1) is 12.6 Å². The second-order valence-corrected chi connectivity index (χ2v) is 11.1. The first-order valence-electron chi connectivity index (χ1n) is 13.1. The fraction of sp³-hybridized carbons (Fsp3) is 0.577. The number of aromatic nitrogens is 5. The van der Waals surface area contributed by atoms with Crippen LogP contribution in [0.3, 0.4) is 0 Å². The molecule has 3 aromatic heterocycles. The highest BCUT2D eigenvalue weighted by Gasteiger charge is 2.45. The molecule has 4 heterocycles. The Labute approximate surface area is 223 Å². The van der Waals surface area contributed by atoms with E-state index >= 15 is 0 Å². The second kappa shape index (κ2) is 10.2. The predicted molar refractivity (Wildman–Crippen MR) is 135 cm³/mol. The van der Waals surface area contributed by atoms with Crippen LogP contribution in [-0.4, -0.2) is 65.9 Å². The van der Waals surface area contributed by atoms with Gasteiger partial charge in [-0.3, -0.25) is 9.30 Å². The Morgan fingerprint density at radius 3 is 2.67 bits per heavy atom. The van der Waals surface area contributed by atoms with Crippen molar-refractivity contribution in [2.45, 2.75) is 89.3 Å². The lowest BCUT2D eigenvalue weighted by Crippen LogP contribution is -2.63. The summed E-state index contributed by atoms with van der Waals surface area (Å²) in [5.74, 6) is 0.499. The Hall–Kier alpha value is -3.64. The molecule has 2 fully saturated rings. The summed E-state index contributed by atoms with van der Waals surface area (Å²) in [6.07, 6.45) is 0.139. The molecule has 39 heavy (non-hydrogen) atoms. The number of carbonyl (C=O) groups is 1. The largest absolute Gasteiger partial charge is 0.470 e. The lowest BCUT2D eigenvalue weighted by Gasteiger charge is -2.45. The number of ether oxygens (including phenoxy) is 2. The molecule has 0 bridgehead atoms. The number of halogens is 3. The molecule has 0 aromatic carbocycles. The Kier molecular flexibility index (Phi) is 7.02. The summed E-state index contributed by atoms with van der Waals surface area (Å²) in [4.78, 5) is 21.8. The molecule has 5 rings (SSSR count). The fourth-order valence-electron chi connectivity index (χ4n) is 5.01. The van der Waals surface area contributed by atoms with Crippen molar-refractivity contribution in [3.05, 3.63) is 42.0 Å². The van der Waals surface area contributed by atoms with Crippen molar-refractivity contribution in [3.8, 4) is 5.88 Å². The third kappa shape index (κ3) is 5.86.